The number of allylic oxidation sites excluding steroid dienone is 1. The number of amides is 1. The van der Waals surface area contributed by atoms with Crippen molar-refractivity contribution in [3.05, 3.63) is 46.0 Å². The van der Waals surface area contributed by atoms with Crippen molar-refractivity contribution in [3.8, 4) is 5.75 Å². The Morgan fingerprint density at radius 2 is 2.08 bits per heavy atom. The minimum Gasteiger partial charge on any atom is -0.497 e. The first-order chi connectivity index (χ1) is 12.5. The number of benzene rings is 1. The maximum absolute atomic E-state index is 12.5. The predicted octanol–water partition coefficient (Wildman–Crippen LogP) is 3.21. The van der Waals surface area contributed by atoms with Gasteiger partial charge in [-0.05, 0) is 55.8 Å². The highest BCUT2D eigenvalue weighted by Gasteiger charge is 2.34. The molecule has 3 rings (SSSR count). The molecule has 0 aromatic heterocycles. The molecular weight excluding hydrogens is 352 g/mol. The van der Waals surface area contributed by atoms with Gasteiger partial charge in [0.15, 0.2) is 5.17 Å². The molecule has 0 atom stereocenters. The quantitative estimate of drug-likeness (QED) is 0.597. The van der Waals surface area contributed by atoms with Gasteiger partial charge in [0, 0.05) is 17.8 Å². The maximum atomic E-state index is 12.5. The molecular formula is C19H20N2O4S. The highest BCUT2D eigenvalue weighted by molar-refractivity contribution is 8.18. The smallest absolute Gasteiger partial charge is 0.346 e. The monoisotopic (exact) mass is 372 g/mol. The van der Waals surface area contributed by atoms with Crippen LogP contribution in [-0.2, 0) is 14.3 Å². The summed E-state index contributed by atoms with van der Waals surface area (Å²) in [6.07, 6.45) is 2.40. The van der Waals surface area contributed by atoms with E-state index in [1.807, 2.05) is 42.2 Å². The highest BCUT2D eigenvalue weighted by Crippen LogP contribution is 2.37. The van der Waals surface area contributed by atoms with E-state index >= 15 is 0 Å². The van der Waals surface area contributed by atoms with Crippen LogP contribution in [0.5, 0.6) is 5.75 Å². The van der Waals surface area contributed by atoms with E-state index in [0.717, 1.165) is 17.0 Å². The molecule has 6 nitrogen and oxygen atoms in total. The third kappa shape index (κ3) is 3.67. The number of ether oxygens (including phenoxy) is 2. The normalized spacial score (nSPS) is 18.6. The van der Waals surface area contributed by atoms with Crippen LogP contribution in [0.15, 0.2) is 45.4 Å². The molecule has 0 unspecified atom stereocenters. The summed E-state index contributed by atoms with van der Waals surface area (Å²) < 4.78 is 10.2. The topological polar surface area (TPSA) is 68.2 Å². The van der Waals surface area contributed by atoms with Crippen LogP contribution in [0.3, 0.4) is 0 Å². The number of carbonyl (C=O) groups excluding carboxylic acids is 2. The number of thioether (sulfide) groups is 1. The number of rotatable bonds is 4. The molecule has 1 aromatic carbocycles. The van der Waals surface area contributed by atoms with Crippen molar-refractivity contribution < 1.29 is 19.1 Å². The molecule has 7 heteroatoms. The van der Waals surface area contributed by atoms with Crippen LogP contribution >= 0.6 is 11.8 Å². The third-order valence-corrected chi connectivity index (χ3v) is 5.31. The molecule has 26 heavy (non-hydrogen) atoms. The molecule has 0 N–H and O–H groups in total. The fourth-order valence-electron chi connectivity index (χ4n) is 2.75. The van der Waals surface area contributed by atoms with Gasteiger partial charge in [0.25, 0.3) is 5.91 Å². The number of esters is 1. The zero-order chi connectivity index (χ0) is 18.7. The van der Waals surface area contributed by atoms with Crippen molar-refractivity contribution in [2.75, 3.05) is 20.3 Å². The van der Waals surface area contributed by atoms with E-state index in [-0.39, 0.29) is 11.9 Å². The molecule has 136 valence electrons. The van der Waals surface area contributed by atoms with Crippen LogP contribution in [0.2, 0.25) is 0 Å². The van der Waals surface area contributed by atoms with E-state index in [1.165, 1.54) is 11.8 Å². The Kier molecular flexibility index (Phi) is 5.46. The van der Waals surface area contributed by atoms with Crippen molar-refractivity contribution in [1.29, 1.82) is 0 Å². The summed E-state index contributed by atoms with van der Waals surface area (Å²) in [5.41, 5.74) is 2.34. The number of fused-ring (bicyclic) bond motifs is 1. The summed E-state index contributed by atoms with van der Waals surface area (Å²) in [6.45, 7) is 4.53. The van der Waals surface area contributed by atoms with Crippen molar-refractivity contribution in [1.82, 2.24) is 4.90 Å². The molecule has 2 aliphatic heterocycles. The maximum Gasteiger partial charge on any atom is 0.346 e. The fourth-order valence-corrected chi connectivity index (χ4v) is 3.80. The summed E-state index contributed by atoms with van der Waals surface area (Å²) >= 11 is 1.20. The molecule has 0 radical (unpaired) electrons. The molecule has 2 heterocycles. The minimum atomic E-state index is -0.368. The van der Waals surface area contributed by atoms with E-state index in [9.17, 15) is 9.59 Å². The van der Waals surface area contributed by atoms with Gasteiger partial charge in [-0.2, -0.15) is 4.99 Å². The Bertz CT molecular complexity index is 824. The van der Waals surface area contributed by atoms with Gasteiger partial charge < -0.3 is 14.4 Å². The predicted molar refractivity (Wildman–Crippen MR) is 102 cm³/mol. The largest absolute Gasteiger partial charge is 0.497 e. The van der Waals surface area contributed by atoms with Gasteiger partial charge in [0.2, 0.25) is 0 Å². The minimum absolute atomic E-state index is 0.274. The Labute approximate surface area is 156 Å². The zero-order valence-electron chi connectivity index (χ0n) is 14.9. The highest BCUT2D eigenvalue weighted by atomic mass is 32.2. The SMILES string of the molecule is CCOC(=O)C1=C(C)N2CC/C(=C\c3ccc(OC)cc3)C(=O)N=C2S1. The number of methoxy groups -OCH3 is 1. The summed E-state index contributed by atoms with van der Waals surface area (Å²) in [5.74, 6) is 0.125. The molecule has 0 saturated carbocycles. The number of amidine groups is 1. The van der Waals surface area contributed by atoms with Crippen LogP contribution in [0, 0.1) is 0 Å². The van der Waals surface area contributed by atoms with Gasteiger partial charge in [-0.25, -0.2) is 4.79 Å². The molecule has 0 bridgehead atoms. The molecule has 1 aromatic rings. The van der Waals surface area contributed by atoms with Crippen LogP contribution in [0.1, 0.15) is 25.8 Å². The third-order valence-electron chi connectivity index (χ3n) is 4.15. The number of carbonyl (C=O) groups is 2. The molecule has 0 fully saturated rings. The van der Waals surface area contributed by atoms with Crippen LogP contribution < -0.4 is 4.74 Å². The second kappa shape index (κ2) is 7.78. The van der Waals surface area contributed by atoms with Gasteiger partial charge in [-0.3, -0.25) is 4.79 Å². The van der Waals surface area contributed by atoms with Gasteiger partial charge in [0.1, 0.15) is 10.7 Å². The molecule has 2 aliphatic rings. The van der Waals surface area contributed by atoms with E-state index in [2.05, 4.69) is 4.99 Å². The van der Waals surface area contributed by atoms with Gasteiger partial charge in [-0.15, -0.1) is 0 Å². The first-order valence-corrected chi connectivity index (χ1v) is 9.16. The van der Waals surface area contributed by atoms with Crippen molar-refractivity contribution in [3.63, 3.8) is 0 Å². The lowest BCUT2D eigenvalue weighted by Crippen LogP contribution is -2.23. The lowest BCUT2D eigenvalue weighted by atomic mass is 10.1. The fraction of sp³-hybridized carbons (Fsp3) is 0.316. The van der Waals surface area contributed by atoms with Crippen LogP contribution in [-0.4, -0.2) is 42.2 Å². The molecule has 0 aliphatic carbocycles. The summed E-state index contributed by atoms with van der Waals surface area (Å²) in [7, 11) is 1.61. The lowest BCUT2D eigenvalue weighted by Gasteiger charge is -2.17. The second-order valence-corrected chi connectivity index (χ2v) is 6.76. The first kappa shape index (κ1) is 18.3. The van der Waals surface area contributed by atoms with Crippen molar-refractivity contribution >= 4 is 34.9 Å². The number of nitrogens with zero attached hydrogens (tertiary/aromatic N) is 2. The molecule has 0 spiro atoms. The average Bonchev–Trinajstić information content (AvgIpc) is 2.85. The van der Waals surface area contributed by atoms with Crippen molar-refractivity contribution in [2.45, 2.75) is 20.3 Å². The van der Waals surface area contributed by atoms with Gasteiger partial charge in [-0.1, -0.05) is 12.1 Å². The summed E-state index contributed by atoms with van der Waals surface area (Å²) in [6, 6.07) is 7.51. The zero-order valence-corrected chi connectivity index (χ0v) is 15.8. The van der Waals surface area contributed by atoms with E-state index < -0.39 is 0 Å². The summed E-state index contributed by atoms with van der Waals surface area (Å²) in [5, 5.41) is 0.536. The number of hydrogen-bond acceptors (Lipinski definition) is 6. The van der Waals surface area contributed by atoms with E-state index in [0.29, 0.717) is 35.2 Å². The molecule has 1 amide bonds. The lowest BCUT2D eigenvalue weighted by molar-refractivity contribution is -0.137. The second-order valence-electron chi connectivity index (χ2n) is 5.78. The summed E-state index contributed by atoms with van der Waals surface area (Å²) in [4.78, 5) is 31.2. The first-order valence-electron chi connectivity index (χ1n) is 8.34. The average molecular weight is 372 g/mol. The van der Waals surface area contributed by atoms with Gasteiger partial charge >= 0.3 is 5.97 Å². The van der Waals surface area contributed by atoms with Crippen LogP contribution in [0.4, 0.5) is 0 Å². The number of hydrogen-bond donors (Lipinski definition) is 0. The van der Waals surface area contributed by atoms with E-state index in [4.69, 9.17) is 9.47 Å². The van der Waals surface area contributed by atoms with Crippen LogP contribution in [0.25, 0.3) is 6.08 Å². The Balaban J connectivity index is 1.81. The van der Waals surface area contributed by atoms with E-state index in [1.54, 1.807) is 14.0 Å². The Hall–Kier alpha value is -2.54. The van der Waals surface area contributed by atoms with Crippen molar-refractivity contribution in [2.24, 2.45) is 4.99 Å². The molecule has 0 saturated heterocycles. The standard InChI is InChI=1S/C19H20N2O4S/c1-4-25-18(23)16-12(2)21-10-9-14(17(22)20-19(21)26-16)11-13-5-7-15(24-3)8-6-13/h5-8,11H,4,9-10H2,1-3H3/b14-11+. The van der Waals surface area contributed by atoms with Gasteiger partial charge in [0.05, 0.1) is 13.7 Å². The Morgan fingerprint density at radius 1 is 1.35 bits per heavy atom. The number of aliphatic imine (C=N–C) groups is 1. The Morgan fingerprint density at radius 3 is 2.73 bits per heavy atom.